The van der Waals surface area contributed by atoms with Crippen molar-refractivity contribution in [2.24, 2.45) is 17.8 Å². The number of rotatable bonds is 7. The second-order valence-corrected chi connectivity index (χ2v) is 18.6. The molecule has 5 rings (SSSR count). The van der Waals surface area contributed by atoms with Crippen molar-refractivity contribution >= 4 is 5.97 Å². The van der Waals surface area contributed by atoms with Gasteiger partial charge in [-0.3, -0.25) is 4.79 Å². The molecule has 1 aromatic rings. The van der Waals surface area contributed by atoms with Gasteiger partial charge >= 0.3 is 5.97 Å². The number of carbonyl (C=O) groups is 1. The smallest absolute Gasteiger partial charge is 0.311 e. The maximum absolute atomic E-state index is 14.3. The van der Waals surface area contributed by atoms with Gasteiger partial charge in [-0.15, -0.1) is 0 Å². The van der Waals surface area contributed by atoms with E-state index in [1.165, 1.54) is 5.56 Å². The van der Waals surface area contributed by atoms with Crippen LogP contribution in [-0.4, -0.2) is 155 Å². The van der Waals surface area contributed by atoms with E-state index in [1.54, 1.807) is 13.8 Å². The van der Waals surface area contributed by atoms with Crippen LogP contribution in [0, 0.1) is 29.1 Å². The van der Waals surface area contributed by atoms with E-state index < -0.39 is 77.6 Å². The number of aliphatic hydroxyl groups is 3. The lowest BCUT2D eigenvalue weighted by Crippen LogP contribution is -2.60. The van der Waals surface area contributed by atoms with Crippen LogP contribution in [0.4, 0.5) is 0 Å². The summed E-state index contributed by atoms with van der Waals surface area (Å²) in [7, 11) is 5.83. The van der Waals surface area contributed by atoms with Gasteiger partial charge in [-0.05, 0) is 105 Å². The SMILES string of the molecule is CC[C@H]1OC(=O)[C@H](C)[C@H]2OC3(CCN(CCc4ccc(C#N)cc4)CC3)O[C@](C)(C[C@@H](C)CN(C)[C@H](C)[C@@H](O)[C@]1(C)O)[C@H](O[C@@H]1O[C@H](C)C[C@H](N(C)C)[C@H]1O)[C@H]2C. The Morgan fingerprint density at radius 1 is 1.05 bits per heavy atom. The van der Waals surface area contributed by atoms with E-state index in [2.05, 4.69) is 24.8 Å². The highest BCUT2D eigenvalue weighted by molar-refractivity contribution is 5.73. The maximum Gasteiger partial charge on any atom is 0.311 e. The Kier molecular flexibility index (Phi) is 15.0. The van der Waals surface area contributed by atoms with Gasteiger partial charge in [0.15, 0.2) is 12.1 Å². The minimum Gasteiger partial charge on any atom is -0.459 e. The highest BCUT2D eigenvalue weighted by Crippen LogP contribution is 2.48. The largest absolute Gasteiger partial charge is 0.459 e. The third-order valence-corrected chi connectivity index (χ3v) is 13.6. The highest BCUT2D eigenvalue weighted by atomic mass is 16.7. The summed E-state index contributed by atoms with van der Waals surface area (Å²) in [6, 6.07) is 9.27. The van der Waals surface area contributed by atoms with Crippen molar-refractivity contribution < 1.29 is 43.8 Å². The van der Waals surface area contributed by atoms with Crippen LogP contribution in [0.15, 0.2) is 24.3 Å². The molecule has 1 aromatic carbocycles. The molecule has 0 radical (unpaired) electrons. The lowest BCUT2D eigenvalue weighted by Gasteiger charge is -2.49. The number of benzene rings is 1. The van der Waals surface area contributed by atoms with Crippen LogP contribution in [-0.2, 0) is 34.9 Å². The van der Waals surface area contributed by atoms with E-state index in [-0.39, 0.29) is 18.1 Å². The zero-order valence-electron chi connectivity index (χ0n) is 36.4. The molecule has 322 valence electrons. The number of nitriles is 1. The van der Waals surface area contributed by atoms with Crippen molar-refractivity contribution in [3.63, 3.8) is 0 Å². The first kappa shape index (κ1) is 45.9. The van der Waals surface area contributed by atoms with Gasteiger partial charge in [0.2, 0.25) is 0 Å². The lowest BCUT2D eigenvalue weighted by atomic mass is 9.78. The lowest BCUT2D eigenvalue weighted by molar-refractivity contribution is -0.332. The Morgan fingerprint density at radius 3 is 2.30 bits per heavy atom. The monoisotopic (exact) mass is 801 g/mol. The van der Waals surface area contributed by atoms with E-state index in [1.807, 2.05) is 82.9 Å². The van der Waals surface area contributed by atoms with Gasteiger partial charge in [0.1, 0.15) is 23.9 Å². The number of likely N-dealkylation sites (tertiary alicyclic amines) is 1. The number of hydrogen-bond donors (Lipinski definition) is 3. The second kappa shape index (κ2) is 18.6. The Hall–Kier alpha value is -2.22. The molecular weight excluding hydrogens is 729 g/mol. The minimum atomic E-state index is -1.72. The molecule has 0 aromatic heterocycles. The van der Waals surface area contributed by atoms with Crippen LogP contribution in [0.1, 0.15) is 98.6 Å². The summed E-state index contributed by atoms with van der Waals surface area (Å²) < 4.78 is 34.3. The fourth-order valence-electron chi connectivity index (χ4n) is 10.1. The zero-order valence-corrected chi connectivity index (χ0v) is 36.4. The van der Waals surface area contributed by atoms with Crippen molar-refractivity contribution in [2.45, 2.75) is 166 Å². The Labute approximate surface area is 341 Å². The number of nitrogens with zero attached hydrogens (tertiary/aromatic N) is 4. The number of likely N-dealkylation sites (N-methyl/N-ethyl adjacent to an activating group) is 2. The summed E-state index contributed by atoms with van der Waals surface area (Å²) in [5.74, 6) is -2.82. The van der Waals surface area contributed by atoms with Crippen LogP contribution in [0.2, 0.25) is 0 Å². The Balaban J connectivity index is 1.54. The first-order valence-corrected chi connectivity index (χ1v) is 21.3. The molecule has 0 saturated carbocycles. The molecule has 4 saturated heterocycles. The molecule has 0 amide bonds. The van der Waals surface area contributed by atoms with Crippen molar-refractivity contribution in [2.75, 3.05) is 47.3 Å². The second-order valence-electron chi connectivity index (χ2n) is 18.6. The van der Waals surface area contributed by atoms with Crippen molar-refractivity contribution in [3.05, 3.63) is 35.4 Å². The van der Waals surface area contributed by atoms with E-state index in [0.717, 1.165) is 13.0 Å². The molecule has 0 aliphatic carbocycles. The standard InChI is InChI=1S/C44H72N4O9/c1-12-35-43(8,52)38(50)31(6)47(11)26-27(2)24-42(7)39(55-41-36(49)34(46(9)10)23-28(3)53-41)29(4)37(30(5)40(51)54-35)56-44(57-42)18-21-48(22-19-44)20-17-32-13-15-33(25-45)16-14-32/h13-16,27-31,34-39,41,49-50,52H,12,17-24,26H2,1-11H3/t27-,28-,29+,30-,31-,34+,35-,36-,37+,38-,39-,41+,42-,43-/m1/s1. The first-order chi connectivity index (χ1) is 26.7. The number of fused-ring (bicyclic) bond motifs is 3. The Morgan fingerprint density at radius 2 is 1.70 bits per heavy atom. The molecule has 4 fully saturated rings. The molecule has 4 heterocycles. The van der Waals surface area contributed by atoms with E-state index in [4.69, 9.17) is 23.7 Å². The predicted molar refractivity (Wildman–Crippen MR) is 216 cm³/mol. The number of aliphatic hydroxyl groups excluding tert-OH is 2. The average Bonchev–Trinajstić information content (AvgIpc) is 3.24. The van der Waals surface area contributed by atoms with Crippen molar-refractivity contribution in [3.8, 4) is 6.07 Å². The number of hydrogen-bond acceptors (Lipinski definition) is 13. The third kappa shape index (κ3) is 10.2. The number of cyclic esters (lactones) is 1. The summed E-state index contributed by atoms with van der Waals surface area (Å²) >= 11 is 0. The molecule has 13 heteroatoms. The van der Waals surface area contributed by atoms with Crippen molar-refractivity contribution in [1.29, 1.82) is 5.26 Å². The van der Waals surface area contributed by atoms with Gasteiger partial charge in [-0.2, -0.15) is 5.26 Å². The maximum atomic E-state index is 14.3. The van der Waals surface area contributed by atoms with Gasteiger partial charge in [-0.25, -0.2) is 0 Å². The van der Waals surface area contributed by atoms with Crippen LogP contribution in [0.3, 0.4) is 0 Å². The fraction of sp³-hybridized carbons (Fsp3) is 0.818. The number of ether oxygens (including phenoxy) is 5. The summed E-state index contributed by atoms with van der Waals surface area (Å²) in [6.45, 7) is 18.1. The molecule has 57 heavy (non-hydrogen) atoms. The van der Waals surface area contributed by atoms with E-state index in [9.17, 15) is 25.4 Å². The summed E-state index contributed by atoms with van der Waals surface area (Å²) in [5.41, 5.74) is -0.879. The Bertz CT molecular complexity index is 1510. The van der Waals surface area contributed by atoms with Crippen molar-refractivity contribution in [1.82, 2.24) is 14.7 Å². The number of esters is 1. The topological polar surface area (TPSA) is 157 Å². The quantitative estimate of drug-likeness (QED) is 0.341. The normalized spacial score (nSPS) is 41.5. The minimum absolute atomic E-state index is 0.0204. The molecule has 3 N–H and O–H groups in total. The zero-order chi connectivity index (χ0) is 42.0. The molecule has 13 nitrogen and oxygen atoms in total. The van der Waals surface area contributed by atoms with Crippen LogP contribution >= 0.6 is 0 Å². The molecule has 4 aliphatic rings. The summed E-state index contributed by atoms with van der Waals surface area (Å²) in [5, 5.41) is 44.3. The molecule has 1 spiro atoms. The molecule has 4 aliphatic heterocycles. The van der Waals surface area contributed by atoms with Gasteiger partial charge in [0, 0.05) is 57.0 Å². The van der Waals surface area contributed by atoms with Crippen LogP contribution in [0.5, 0.6) is 0 Å². The number of piperidine rings is 1. The van der Waals surface area contributed by atoms with Crippen LogP contribution < -0.4 is 0 Å². The van der Waals surface area contributed by atoms with Gasteiger partial charge < -0.3 is 53.7 Å². The molecule has 14 atom stereocenters. The predicted octanol–water partition coefficient (Wildman–Crippen LogP) is 3.94. The highest BCUT2D eigenvalue weighted by Gasteiger charge is 2.58. The fourth-order valence-corrected chi connectivity index (χ4v) is 10.1. The number of carbonyl (C=O) groups excluding carboxylic acids is 1. The van der Waals surface area contributed by atoms with Gasteiger partial charge in [0.25, 0.3) is 0 Å². The molecular formula is C44H72N4O9. The average molecular weight is 801 g/mol. The molecule has 2 bridgehead atoms. The van der Waals surface area contributed by atoms with E-state index >= 15 is 0 Å². The first-order valence-electron chi connectivity index (χ1n) is 21.3. The third-order valence-electron chi connectivity index (χ3n) is 13.6. The summed E-state index contributed by atoms with van der Waals surface area (Å²) in [6.07, 6.45) is -2.19. The molecule has 0 unspecified atom stereocenters. The van der Waals surface area contributed by atoms with Gasteiger partial charge in [0.05, 0.1) is 41.5 Å². The van der Waals surface area contributed by atoms with E-state index in [0.29, 0.717) is 57.3 Å². The summed E-state index contributed by atoms with van der Waals surface area (Å²) in [4.78, 5) is 20.8. The van der Waals surface area contributed by atoms with Gasteiger partial charge in [-0.1, -0.05) is 32.9 Å². The van der Waals surface area contributed by atoms with Crippen LogP contribution in [0.25, 0.3) is 0 Å².